The molecule has 0 aromatic carbocycles. The van der Waals surface area contributed by atoms with E-state index in [2.05, 4.69) is 118 Å². The van der Waals surface area contributed by atoms with Crippen LogP contribution in [-0.4, -0.2) is 66.5 Å². The Morgan fingerprint density at radius 1 is 0.414 bits per heavy atom. The summed E-state index contributed by atoms with van der Waals surface area (Å²) in [4.78, 5) is 48.4. The monoisotopic (exact) mass is 1000 g/mol. The Morgan fingerprint density at radius 2 is 0.743 bits per heavy atom. The Morgan fingerprint density at radius 3 is 1.16 bits per heavy atom. The van der Waals surface area contributed by atoms with Crippen LogP contribution in [0.4, 0.5) is 0 Å². The molecule has 0 aliphatic rings. The summed E-state index contributed by atoms with van der Waals surface area (Å²) in [6.07, 6.45) is 59.5. The summed E-state index contributed by atoms with van der Waals surface area (Å²) >= 11 is 0. The van der Waals surface area contributed by atoms with Gasteiger partial charge in [-0.1, -0.05) is 176 Å². The van der Waals surface area contributed by atoms with Gasteiger partial charge in [-0.2, -0.15) is 0 Å². The van der Waals surface area contributed by atoms with Crippen molar-refractivity contribution in [3.8, 4) is 0 Å². The number of hydrogen-bond acceptors (Lipinski definition) is 10. The molecule has 0 aromatic heterocycles. The number of ether oxygens (including phenoxy) is 3. The number of carbonyl (C=O) groups is 3. The zero-order valence-electron chi connectivity index (χ0n) is 43.9. The van der Waals surface area contributed by atoms with Crippen LogP contribution < -0.4 is 0 Å². The first-order valence-electron chi connectivity index (χ1n) is 27.1. The van der Waals surface area contributed by atoms with Gasteiger partial charge in [-0.15, -0.1) is 0 Å². The zero-order chi connectivity index (χ0) is 51.3. The summed E-state index contributed by atoms with van der Waals surface area (Å²) in [5, 5.41) is 9.78. The summed E-state index contributed by atoms with van der Waals surface area (Å²) in [6.45, 7) is 4.29. The predicted octanol–water partition coefficient (Wildman–Crippen LogP) is 15.7. The number of esters is 3. The molecule has 0 fully saturated rings. The average Bonchev–Trinajstić information content (AvgIpc) is 3.35. The third-order valence-corrected chi connectivity index (χ3v) is 11.9. The van der Waals surface area contributed by atoms with Crippen molar-refractivity contribution < 1.29 is 52.2 Å². The molecule has 0 bridgehead atoms. The van der Waals surface area contributed by atoms with E-state index in [0.29, 0.717) is 19.3 Å². The van der Waals surface area contributed by atoms with Crippen molar-refractivity contribution in [1.29, 1.82) is 0 Å². The minimum atomic E-state index is -4.77. The van der Waals surface area contributed by atoms with E-state index in [4.69, 9.17) is 23.3 Å². The van der Waals surface area contributed by atoms with E-state index in [9.17, 15) is 28.9 Å². The van der Waals surface area contributed by atoms with Crippen molar-refractivity contribution in [1.82, 2.24) is 0 Å². The van der Waals surface area contributed by atoms with Crippen LogP contribution in [0.5, 0.6) is 0 Å². The Bertz CT molecular complexity index is 1540. The molecule has 2 N–H and O–H groups in total. The first-order valence-corrected chi connectivity index (χ1v) is 28.6. The van der Waals surface area contributed by atoms with Crippen molar-refractivity contribution in [3.63, 3.8) is 0 Å². The van der Waals surface area contributed by atoms with E-state index in [1.54, 1.807) is 0 Å². The number of allylic oxidation sites excluding steroid dienone is 16. The van der Waals surface area contributed by atoms with E-state index in [1.807, 2.05) is 0 Å². The highest BCUT2D eigenvalue weighted by atomic mass is 31.2. The number of unbranched alkanes of at least 4 members (excludes halogenated alkanes) is 16. The maximum absolute atomic E-state index is 12.9. The Labute approximate surface area is 425 Å². The number of carbonyl (C=O) groups excluding carboxylic acids is 3. The first kappa shape index (κ1) is 66.4. The molecule has 0 aliphatic carbocycles. The molecule has 0 spiro atoms. The van der Waals surface area contributed by atoms with Crippen molar-refractivity contribution in [2.45, 2.75) is 226 Å². The quantitative estimate of drug-likeness (QED) is 0.0197. The van der Waals surface area contributed by atoms with Gasteiger partial charge in [-0.25, -0.2) is 4.57 Å². The van der Waals surface area contributed by atoms with Crippen LogP contribution in [0, 0.1) is 0 Å². The van der Waals surface area contributed by atoms with E-state index < -0.39 is 57.8 Å². The molecule has 0 rings (SSSR count). The van der Waals surface area contributed by atoms with Crippen LogP contribution in [-0.2, 0) is 42.2 Å². The van der Waals surface area contributed by atoms with Gasteiger partial charge in [0.25, 0.3) is 0 Å². The van der Waals surface area contributed by atoms with Gasteiger partial charge < -0.3 is 24.2 Å². The molecular formula is C58H97O11P. The zero-order valence-corrected chi connectivity index (χ0v) is 44.8. The summed E-state index contributed by atoms with van der Waals surface area (Å²) in [6, 6.07) is 0. The van der Waals surface area contributed by atoms with Crippen LogP contribution in [0.2, 0.25) is 0 Å². The van der Waals surface area contributed by atoms with E-state index in [1.165, 1.54) is 38.5 Å². The molecule has 70 heavy (non-hydrogen) atoms. The number of phosphoric ester groups is 1. The molecule has 3 atom stereocenters. The average molecular weight is 1000 g/mol. The lowest BCUT2D eigenvalue weighted by molar-refractivity contribution is -0.161. The van der Waals surface area contributed by atoms with Crippen molar-refractivity contribution in [2.75, 3.05) is 26.4 Å². The maximum atomic E-state index is 12.9. The van der Waals surface area contributed by atoms with Crippen LogP contribution in [0.15, 0.2) is 97.2 Å². The van der Waals surface area contributed by atoms with Crippen molar-refractivity contribution >= 4 is 25.7 Å². The summed E-state index contributed by atoms with van der Waals surface area (Å²) < 4.78 is 39.3. The second-order valence-corrected chi connectivity index (χ2v) is 19.1. The number of hydrogen-bond donors (Lipinski definition) is 2. The third kappa shape index (κ3) is 49.4. The van der Waals surface area contributed by atoms with Gasteiger partial charge in [-0.3, -0.25) is 23.4 Å². The lowest BCUT2D eigenvalue weighted by atomic mass is 10.1. The van der Waals surface area contributed by atoms with Gasteiger partial charge in [-0.05, 0) is 116 Å². The minimum Gasteiger partial charge on any atom is -0.462 e. The lowest BCUT2D eigenvalue weighted by Crippen LogP contribution is -2.30. The normalized spacial score (nSPS) is 14.2. The highest BCUT2D eigenvalue weighted by Gasteiger charge is 2.28. The van der Waals surface area contributed by atoms with Gasteiger partial charge in [0.05, 0.1) is 19.8 Å². The molecule has 0 heterocycles. The van der Waals surface area contributed by atoms with Crippen molar-refractivity contribution in [3.05, 3.63) is 97.2 Å². The number of aliphatic hydroxyl groups is 1. The van der Waals surface area contributed by atoms with E-state index in [0.717, 1.165) is 116 Å². The fraction of sp³-hybridized carbons (Fsp3) is 0.672. The first-order chi connectivity index (χ1) is 34.2. The van der Waals surface area contributed by atoms with Gasteiger partial charge >= 0.3 is 25.7 Å². The van der Waals surface area contributed by atoms with Crippen LogP contribution in [0.3, 0.4) is 0 Å². The minimum absolute atomic E-state index is 0.124. The number of rotatable bonds is 49. The standard InChI is InChI=1S/C58H97O11P/c1-4-7-10-13-16-19-22-25-26-27-28-31-32-35-38-41-44-47-56(60)65-51-55(69-58(62)49-46-43-40-37-34-30-24-21-18-15-12-9-6-3)53-67-70(63,64)66-52-54(50-59)68-57(61)48-45-42-39-36-33-29-23-20-17-14-11-8-5-2/h8-9,11-12,16-21,25-26,29-30,33-34,54-55,59H,4-7,10,13-15,22-24,27-28,31-32,35-53H2,1-3H3,(H,63,64)/b11-8-,12-9-,19-16-,20-17-,21-18-,26-25-,33-29-,34-30-. The number of phosphoric acid groups is 1. The third-order valence-electron chi connectivity index (χ3n) is 11.0. The topological polar surface area (TPSA) is 155 Å². The van der Waals surface area contributed by atoms with E-state index in [-0.39, 0.29) is 25.9 Å². The number of aliphatic hydroxyl groups excluding tert-OH is 1. The summed E-state index contributed by atoms with van der Waals surface area (Å²) in [7, 11) is -4.77. The molecule has 0 radical (unpaired) electrons. The van der Waals surface area contributed by atoms with Gasteiger partial charge in [0.2, 0.25) is 0 Å². The molecule has 11 nitrogen and oxygen atoms in total. The fourth-order valence-corrected chi connectivity index (χ4v) is 7.67. The van der Waals surface area contributed by atoms with E-state index >= 15 is 0 Å². The lowest BCUT2D eigenvalue weighted by Gasteiger charge is -2.21. The summed E-state index contributed by atoms with van der Waals surface area (Å²) in [5.41, 5.74) is 0. The Hall–Kier alpha value is -3.60. The maximum Gasteiger partial charge on any atom is 0.472 e. The molecule has 3 unspecified atom stereocenters. The molecule has 0 amide bonds. The van der Waals surface area contributed by atoms with Crippen LogP contribution in [0.25, 0.3) is 0 Å². The Kier molecular flexibility index (Phi) is 49.1. The fourth-order valence-electron chi connectivity index (χ4n) is 6.88. The van der Waals surface area contributed by atoms with Gasteiger partial charge in [0.15, 0.2) is 6.10 Å². The molecule has 0 aromatic rings. The largest absolute Gasteiger partial charge is 0.472 e. The highest BCUT2D eigenvalue weighted by molar-refractivity contribution is 7.47. The van der Waals surface area contributed by atoms with Crippen LogP contribution >= 0.6 is 7.82 Å². The molecule has 0 saturated heterocycles. The highest BCUT2D eigenvalue weighted by Crippen LogP contribution is 2.43. The smallest absolute Gasteiger partial charge is 0.462 e. The van der Waals surface area contributed by atoms with Gasteiger partial charge in [0, 0.05) is 19.3 Å². The predicted molar refractivity (Wildman–Crippen MR) is 288 cm³/mol. The second kappa shape index (κ2) is 51.7. The SMILES string of the molecule is CC/C=C\C/C=C\C/C=C\CCCCCC(=O)OC(CO)COP(=O)(O)OCC(COC(=O)CCCCCCCCC/C=C\C/C=C\CCCCC)OC(=O)CCCCC/C=C\C/C=C\C/C=C\CC. The van der Waals surface area contributed by atoms with Gasteiger partial charge in [0.1, 0.15) is 12.7 Å². The Balaban J connectivity index is 4.80. The molecule has 0 aliphatic heterocycles. The molecule has 0 saturated carbocycles. The molecule has 400 valence electrons. The summed E-state index contributed by atoms with van der Waals surface area (Å²) in [5.74, 6) is -1.55. The second-order valence-electron chi connectivity index (χ2n) is 17.6. The van der Waals surface area contributed by atoms with Crippen LogP contribution in [0.1, 0.15) is 213 Å². The van der Waals surface area contributed by atoms with Crippen molar-refractivity contribution in [2.24, 2.45) is 0 Å². The molecule has 12 heteroatoms. The molecular weight excluding hydrogens is 904 g/mol.